The van der Waals surface area contributed by atoms with E-state index in [9.17, 15) is 0 Å². The zero-order valence-corrected chi connectivity index (χ0v) is 32.4. The van der Waals surface area contributed by atoms with Crippen molar-refractivity contribution in [1.82, 2.24) is 0 Å². The van der Waals surface area contributed by atoms with Crippen molar-refractivity contribution in [2.24, 2.45) is 0 Å². The first kappa shape index (κ1) is 32.5. The zero-order valence-electron chi connectivity index (χ0n) is 25.2. The molecular formula is C42H32Cl2GeHf-2. The molecule has 0 aromatic heterocycles. The molecule has 8 rings (SSSR count). The van der Waals surface area contributed by atoms with E-state index >= 15 is 0 Å². The van der Waals surface area contributed by atoms with Crippen LogP contribution in [0.5, 0.6) is 0 Å². The van der Waals surface area contributed by atoms with Gasteiger partial charge in [-0.25, -0.2) is 12.1 Å². The van der Waals surface area contributed by atoms with Crippen molar-refractivity contribution in [2.45, 2.75) is 0 Å². The standard InChI is InChI=1S/2C15H11.C12H10Ge.2ClH.Hf/c2*1-2-7-12(6-1)15-11-5-9-13-8-3-4-10-14(13)15;1-3-7-11(8-4-1)13-12-9-5-2-6-10-12;;;/h2*1-11H;1-10H;2*1H;/q2*-1;;;;+2/p-2. The molecule has 0 aliphatic rings. The maximum atomic E-state index is 6.37. The summed E-state index contributed by atoms with van der Waals surface area (Å²) in [5, 5.41) is 5.25. The van der Waals surface area contributed by atoms with Crippen LogP contribution in [0.4, 0.5) is 0 Å². The molecule has 0 amide bonds. The van der Waals surface area contributed by atoms with E-state index in [4.69, 9.17) is 17.2 Å². The second kappa shape index (κ2) is 16.4. The number of fused-ring (bicyclic) bond motifs is 2. The van der Waals surface area contributed by atoms with Gasteiger partial charge in [-0.2, -0.15) is 47.5 Å². The second-order valence-corrected chi connectivity index (χ2v) is 53.2. The van der Waals surface area contributed by atoms with Crippen molar-refractivity contribution in [3.05, 3.63) is 194 Å². The molecule has 0 saturated carbocycles. The molecule has 46 heavy (non-hydrogen) atoms. The maximum Gasteiger partial charge on any atom is -0.0189 e. The Morgan fingerprint density at radius 3 is 1.20 bits per heavy atom. The monoisotopic (exact) mass is 860 g/mol. The fourth-order valence-electron chi connectivity index (χ4n) is 5.66. The van der Waals surface area contributed by atoms with E-state index in [2.05, 4.69) is 182 Å². The Kier molecular flexibility index (Phi) is 11.6. The van der Waals surface area contributed by atoms with Gasteiger partial charge in [0.15, 0.2) is 0 Å². The summed E-state index contributed by atoms with van der Waals surface area (Å²) in [7, 11) is 11.1. The van der Waals surface area contributed by atoms with E-state index < -0.39 is 26.0 Å². The zero-order chi connectivity index (χ0) is 31.6. The Labute approximate surface area is 287 Å². The van der Waals surface area contributed by atoms with Gasteiger partial charge in [-0.1, -0.05) is 96.1 Å². The van der Waals surface area contributed by atoms with Crippen molar-refractivity contribution in [3.8, 4) is 22.3 Å². The molecule has 0 aliphatic heterocycles. The van der Waals surface area contributed by atoms with E-state index in [1.54, 1.807) is 0 Å². The molecule has 8 aromatic rings. The molecule has 8 aromatic carbocycles. The first-order valence-corrected chi connectivity index (χ1v) is 36.6. The minimum absolute atomic E-state index is 1.30. The molecule has 0 unspecified atom stereocenters. The number of halogens is 2. The fourth-order valence-corrected chi connectivity index (χ4v) is 42.4. The normalized spacial score (nSPS) is 10.4. The maximum absolute atomic E-state index is 6.37. The minimum Gasteiger partial charge on any atom is -0.206 e. The summed E-state index contributed by atoms with van der Waals surface area (Å²) in [4.78, 5) is 0. The predicted octanol–water partition coefficient (Wildman–Crippen LogP) is 11.2. The van der Waals surface area contributed by atoms with Crippen molar-refractivity contribution >= 4 is 57.5 Å². The average molecular weight is 859 g/mol. The van der Waals surface area contributed by atoms with Gasteiger partial charge in [0.05, 0.1) is 0 Å². The van der Waals surface area contributed by atoms with E-state index in [1.165, 1.54) is 52.6 Å². The van der Waals surface area contributed by atoms with Crippen molar-refractivity contribution in [2.75, 3.05) is 0 Å². The Morgan fingerprint density at radius 1 is 0.413 bits per heavy atom. The van der Waals surface area contributed by atoms with Crippen LogP contribution in [0.2, 0.25) is 0 Å². The minimum atomic E-state index is -2.35. The molecule has 0 saturated heterocycles. The number of hydrogen-bond donors (Lipinski definition) is 0. The summed E-state index contributed by atoms with van der Waals surface area (Å²) in [5.41, 5.74) is 5.23. The largest absolute Gasteiger partial charge is 0.206 e. The first-order chi connectivity index (χ1) is 22.7. The molecule has 0 N–H and O–H groups in total. The summed E-state index contributed by atoms with van der Waals surface area (Å²) in [6, 6.07) is 67.9. The van der Waals surface area contributed by atoms with Crippen molar-refractivity contribution in [1.29, 1.82) is 0 Å². The topological polar surface area (TPSA) is 0 Å². The summed E-state index contributed by atoms with van der Waals surface area (Å²) in [5.74, 6) is 0. The van der Waals surface area contributed by atoms with Crippen molar-refractivity contribution in [3.63, 3.8) is 0 Å². The van der Waals surface area contributed by atoms with Crippen LogP contribution in [0.15, 0.2) is 194 Å². The fraction of sp³-hybridized carbons (Fsp3) is 0. The smallest absolute Gasteiger partial charge is 0.0189 e. The molecule has 0 atom stereocenters. The Balaban J connectivity index is 0.000000121. The Morgan fingerprint density at radius 2 is 0.804 bits per heavy atom. The third kappa shape index (κ3) is 8.08. The van der Waals surface area contributed by atoms with E-state index in [0.29, 0.717) is 0 Å². The van der Waals surface area contributed by atoms with Crippen LogP contribution < -0.4 is 8.79 Å². The SMILES string of the molecule is [Cl][Hf]([Cl])=[Ge]([c]1ccccc1)[c]1ccccc1.c1ccc2c(-c3cc[cH-]c3)cccc2c1.c1ccc2c(-c3cc[cH-]c3)cccc2c1. The molecule has 0 bridgehead atoms. The number of benzene rings is 6. The molecule has 0 radical (unpaired) electrons. The van der Waals surface area contributed by atoms with Crippen LogP contribution in [0.25, 0.3) is 43.8 Å². The van der Waals surface area contributed by atoms with Crippen LogP contribution in [-0.4, -0.2) is 10.1 Å². The quantitative estimate of drug-likeness (QED) is 0.122. The van der Waals surface area contributed by atoms with Crippen LogP contribution in [-0.2, 0) is 16.0 Å². The molecular weight excluding hydrogens is 826 g/mol. The molecule has 0 spiro atoms. The van der Waals surface area contributed by atoms with Gasteiger partial charge in [-0.05, 0) is 21.5 Å². The molecule has 0 aliphatic carbocycles. The van der Waals surface area contributed by atoms with Crippen LogP contribution >= 0.6 is 17.2 Å². The number of hydrogen-bond acceptors (Lipinski definition) is 0. The Bertz CT molecular complexity index is 1990. The van der Waals surface area contributed by atoms with Crippen LogP contribution in [0.3, 0.4) is 0 Å². The van der Waals surface area contributed by atoms with Crippen molar-refractivity contribution < 1.29 is 16.0 Å². The first-order valence-electron chi connectivity index (χ1n) is 15.2. The summed E-state index contributed by atoms with van der Waals surface area (Å²) >= 11 is -2.35. The van der Waals surface area contributed by atoms with Crippen LogP contribution in [0.1, 0.15) is 0 Å². The third-order valence-electron chi connectivity index (χ3n) is 7.84. The summed E-state index contributed by atoms with van der Waals surface area (Å²) in [6.45, 7) is 0. The molecule has 0 heterocycles. The van der Waals surface area contributed by atoms with Gasteiger partial charge >= 0.3 is 113 Å². The van der Waals surface area contributed by atoms with E-state index in [0.717, 1.165) is 0 Å². The summed E-state index contributed by atoms with van der Waals surface area (Å²) < 4.78 is 2.81. The Hall–Kier alpha value is -3.47. The van der Waals surface area contributed by atoms with Gasteiger partial charge in [-0.15, -0.1) is 0 Å². The molecule has 0 nitrogen and oxygen atoms in total. The number of rotatable bonds is 4. The molecule has 224 valence electrons. The van der Waals surface area contributed by atoms with Gasteiger partial charge in [-0.3, -0.25) is 0 Å². The van der Waals surface area contributed by atoms with E-state index in [-0.39, 0.29) is 0 Å². The van der Waals surface area contributed by atoms with Gasteiger partial charge in [0.25, 0.3) is 0 Å². The van der Waals surface area contributed by atoms with Gasteiger partial charge < -0.3 is 0 Å². The second-order valence-electron chi connectivity index (χ2n) is 10.8. The average Bonchev–Trinajstić information content (AvgIpc) is 3.85. The molecule has 4 heteroatoms. The van der Waals surface area contributed by atoms with Gasteiger partial charge in [0.2, 0.25) is 0 Å². The third-order valence-corrected chi connectivity index (χ3v) is 46.4. The van der Waals surface area contributed by atoms with Gasteiger partial charge in [0.1, 0.15) is 0 Å². The van der Waals surface area contributed by atoms with Crippen LogP contribution in [0, 0.1) is 0 Å². The van der Waals surface area contributed by atoms with E-state index in [1.807, 2.05) is 12.1 Å². The summed E-state index contributed by atoms with van der Waals surface area (Å²) in [6.07, 6.45) is 0. The predicted molar refractivity (Wildman–Crippen MR) is 200 cm³/mol. The molecule has 0 fully saturated rings. The van der Waals surface area contributed by atoms with Gasteiger partial charge in [0, 0.05) is 0 Å².